The molecule has 1 N–H and O–H groups in total. The van der Waals surface area contributed by atoms with Gasteiger partial charge >= 0.3 is 0 Å². The molecule has 0 radical (unpaired) electrons. The molecule has 2 aromatic carbocycles. The van der Waals surface area contributed by atoms with E-state index in [1.165, 1.54) is 16.3 Å². The minimum Gasteiger partial charge on any atom is -0.319 e. The van der Waals surface area contributed by atoms with Gasteiger partial charge in [-0.3, -0.25) is 0 Å². The predicted molar refractivity (Wildman–Crippen MR) is 66.6 cm³/mol. The normalized spacial score (nSPS) is 10.8. The molecule has 0 atom stereocenters. The molecular weight excluding hydrogens is 206 g/mol. The minimum atomic E-state index is 0.805. The van der Waals surface area contributed by atoms with Crippen LogP contribution in [0.4, 0.5) is 0 Å². The average Bonchev–Trinajstić information content (AvgIpc) is 2.26. The molecule has 2 rings (SSSR count). The molecule has 2 heteroatoms. The summed E-state index contributed by atoms with van der Waals surface area (Å²) in [6.07, 6.45) is 1.04. The third-order valence-corrected chi connectivity index (χ3v) is 2.81. The number of nitrogens with one attached hydrogen (secondary N) is 1. The van der Waals surface area contributed by atoms with Gasteiger partial charge in [-0.25, -0.2) is 0 Å². The molecule has 0 aliphatic carbocycles. The first kappa shape index (κ1) is 10.5. The van der Waals surface area contributed by atoms with Crippen molar-refractivity contribution in [3.05, 3.63) is 47.0 Å². The highest BCUT2D eigenvalue weighted by molar-refractivity contribution is 6.31. The molecule has 15 heavy (non-hydrogen) atoms. The molecule has 0 bridgehead atoms. The van der Waals surface area contributed by atoms with Crippen molar-refractivity contribution in [1.29, 1.82) is 0 Å². The second-order valence-corrected chi connectivity index (χ2v) is 4.07. The van der Waals surface area contributed by atoms with Crippen LogP contribution in [-0.4, -0.2) is 13.6 Å². The lowest BCUT2D eigenvalue weighted by molar-refractivity contribution is 0.795. The van der Waals surface area contributed by atoms with Crippen molar-refractivity contribution in [3.8, 4) is 0 Å². The van der Waals surface area contributed by atoms with Gasteiger partial charge in [-0.15, -0.1) is 0 Å². The molecule has 78 valence electrons. The first-order chi connectivity index (χ1) is 7.31. The Hall–Kier alpha value is -1.05. The van der Waals surface area contributed by atoms with Gasteiger partial charge < -0.3 is 5.32 Å². The van der Waals surface area contributed by atoms with Crippen LogP contribution >= 0.6 is 11.6 Å². The Morgan fingerprint density at radius 1 is 1.20 bits per heavy atom. The molecule has 0 unspecified atom stereocenters. The topological polar surface area (TPSA) is 12.0 Å². The summed E-state index contributed by atoms with van der Waals surface area (Å²) in [6.45, 7) is 0.992. The van der Waals surface area contributed by atoms with Crippen LogP contribution in [0.25, 0.3) is 10.8 Å². The fraction of sp³-hybridized carbons (Fsp3) is 0.231. The van der Waals surface area contributed by atoms with E-state index in [9.17, 15) is 0 Å². The highest BCUT2D eigenvalue weighted by Crippen LogP contribution is 2.22. The van der Waals surface area contributed by atoms with E-state index in [2.05, 4.69) is 29.6 Å². The van der Waals surface area contributed by atoms with Gasteiger partial charge in [0.05, 0.1) is 0 Å². The molecule has 2 aromatic rings. The Labute approximate surface area is 95.1 Å². The summed E-state index contributed by atoms with van der Waals surface area (Å²) in [7, 11) is 1.97. The standard InChI is InChI=1S/C13H14ClN/c1-15-8-7-11-4-2-3-10-5-6-12(14)9-13(10)11/h2-6,9,15H,7-8H2,1H3. The van der Waals surface area contributed by atoms with Crippen molar-refractivity contribution >= 4 is 22.4 Å². The van der Waals surface area contributed by atoms with Crippen LogP contribution in [0.15, 0.2) is 36.4 Å². The Balaban J connectivity index is 2.48. The van der Waals surface area contributed by atoms with Crippen molar-refractivity contribution in [2.45, 2.75) is 6.42 Å². The maximum atomic E-state index is 6.01. The van der Waals surface area contributed by atoms with Crippen LogP contribution in [0.1, 0.15) is 5.56 Å². The summed E-state index contributed by atoms with van der Waals surface area (Å²) < 4.78 is 0. The summed E-state index contributed by atoms with van der Waals surface area (Å²) >= 11 is 6.01. The number of hydrogen-bond donors (Lipinski definition) is 1. The van der Waals surface area contributed by atoms with Crippen molar-refractivity contribution in [1.82, 2.24) is 5.32 Å². The molecule has 0 amide bonds. The molecule has 0 aliphatic heterocycles. The third-order valence-electron chi connectivity index (χ3n) is 2.58. The van der Waals surface area contributed by atoms with E-state index in [-0.39, 0.29) is 0 Å². The van der Waals surface area contributed by atoms with Gasteiger partial charge in [-0.2, -0.15) is 0 Å². The van der Waals surface area contributed by atoms with Crippen LogP contribution in [0.2, 0.25) is 5.02 Å². The van der Waals surface area contributed by atoms with E-state index in [1.54, 1.807) is 0 Å². The van der Waals surface area contributed by atoms with Crippen molar-refractivity contribution < 1.29 is 0 Å². The van der Waals surface area contributed by atoms with Gasteiger partial charge in [0.2, 0.25) is 0 Å². The molecule has 0 saturated carbocycles. The molecule has 1 nitrogen and oxygen atoms in total. The Kier molecular flexibility index (Phi) is 3.24. The van der Waals surface area contributed by atoms with Crippen LogP contribution in [-0.2, 0) is 6.42 Å². The van der Waals surface area contributed by atoms with Gasteiger partial charge in [0.15, 0.2) is 0 Å². The molecule has 0 aromatic heterocycles. The number of benzene rings is 2. The SMILES string of the molecule is CNCCc1cccc2ccc(Cl)cc12. The first-order valence-electron chi connectivity index (χ1n) is 5.13. The van der Waals surface area contributed by atoms with Crippen LogP contribution in [0.3, 0.4) is 0 Å². The summed E-state index contributed by atoms with van der Waals surface area (Å²) in [6, 6.07) is 12.4. The van der Waals surface area contributed by atoms with E-state index >= 15 is 0 Å². The quantitative estimate of drug-likeness (QED) is 0.836. The highest BCUT2D eigenvalue weighted by Gasteiger charge is 2.00. The number of hydrogen-bond acceptors (Lipinski definition) is 1. The van der Waals surface area contributed by atoms with E-state index in [0.29, 0.717) is 0 Å². The molecule has 0 fully saturated rings. The lowest BCUT2D eigenvalue weighted by atomic mass is 10.0. The first-order valence-corrected chi connectivity index (χ1v) is 5.51. The Bertz CT molecular complexity index is 465. The van der Waals surface area contributed by atoms with Crippen molar-refractivity contribution in [3.63, 3.8) is 0 Å². The third kappa shape index (κ3) is 2.31. The Morgan fingerprint density at radius 3 is 2.87 bits per heavy atom. The highest BCUT2D eigenvalue weighted by atomic mass is 35.5. The largest absolute Gasteiger partial charge is 0.319 e. The maximum absolute atomic E-state index is 6.01. The minimum absolute atomic E-state index is 0.805. The summed E-state index contributed by atoms with van der Waals surface area (Å²) in [5.41, 5.74) is 1.35. The Morgan fingerprint density at radius 2 is 2.07 bits per heavy atom. The monoisotopic (exact) mass is 219 g/mol. The second-order valence-electron chi connectivity index (χ2n) is 3.64. The second kappa shape index (κ2) is 4.65. The lowest BCUT2D eigenvalue weighted by Crippen LogP contribution is -2.10. The molecule has 0 saturated heterocycles. The van der Waals surface area contributed by atoms with E-state index in [1.807, 2.05) is 19.2 Å². The van der Waals surface area contributed by atoms with Gasteiger partial charge in [0.25, 0.3) is 0 Å². The summed E-state index contributed by atoms with van der Waals surface area (Å²) in [5.74, 6) is 0. The van der Waals surface area contributed by atoms with Crippen molar-refractivity contribution in [2.24, 2.45) is 0 Å². The molecule has 0 heterocycles. The maximum Gasteiger partial charge on any atom is 0.0412 e. The number of halogens is 1. The zero-order valence-corrected chi connectivity index (χ0v) is 9.51. The zero-order valence-electron chi connectivity index (χ0n) is 8.76. The fourth-order valence-corrected chi connectivity index (χ4v) is 1.96. The summed E-state index contributed by atoms with van der Waals surface area (Å²) in [5, 5.41) is 6.49. The number of rotatable bonds is 3. The predicted octanol–water partition coefficient (Wildman–Crippen LogP) is 3.26. The average molecular weight is 220 g/mol. The summed E-state index contributed by atoms with van der Waals surface area (Å²) in [4.78, 5) is 0. The van der Waals surface area contributed by atoms with Crippen LogP contribution in [0.5, 0.6) is 0 Å². The van der Waals surface area contributed by atoms with E-state index in [0.717, 1.165) is 18.0 Å². The van der Waals surface area contributed by atoms with Gasteiger partial charge in [-0.1, -0.05) is 35.9 Å². The molecule has 0 aliphatic rings. The van der Waals surface area contributed by atoms with Crippen LogP contribution in [0, 0.1) is 0 Å². The van der Waals surface area contributed by atoms with E-state index < -0.39 is 0 Å². The smallest absolute Gasteiger partial charge is 0.0412 e. The van der Waals surface area contributed by atoms with Crippen molar-refractivity contribution in [2.75, 3.05) is 13.6 Å². The van der Waals surface area contributed by atoms with Gasteiger partial charge in [0.1, 0.15) is 0 Å². The fourth-order valence-electron chi connectivity index (χ4n) is 1.79. The molecular formula is C13H14ClN. The number of likely N-dealkylation sites (N-methyl/N-ethyl adjacent to an activating group) is 1. The number of fused-ring (bicyclic) bond motifs is 1. The zero-order chi connectivity index (χ0) is 10.7. The molecule has 0 spiro atoms. The lowest BCUT2D eigenvalue weighted by Gasteiger charge is -2.06. The van der Waals surface area contributed by atoms with E-state index in [4.69, 9.17) is 11.6 Å². The van der Waals surface area contributed by atoms with Gasteiger partial charge in [-0.05, 0) is 48.5 Å². The van der Waals surface area contributed by atoms with Gasteiger partial charge in [0, 0.05) is 5.02 Å². The van der Waals surface area contributed by atoms with Crippen LogP contribution < -0.4 is 5.32 Å².